The summed E-state index contributed by atoms with van der Waals surface area (Å²) in [6.45, 7) is 6.35. The highest BCUT2D eigenvalue weighted by molar-refractivity contribution is 9.10. The smallest absolute Gasteiger partial charge is 0.354 e. The van der Waals surface area contributed by atoms with E-state index in [0.717, 1.165) is 36.2 Å². The Hall–Kier alpha value is -1.81. The van der Waals surface area contributed by atoms with Gasteiger partial charge in [0.15, 0.2) is 0 Å². The summed E-state index contributed by atoms with van der Waals surface area (Å²) in [5, 5.41) is 5.10. The third kappa shape index (κ3) is 8.34. The summed E-state index contributed by atoms with van der Waals surface area (Å²) in [6.07, 6.45) is 0.637. The number of hydrogen-bond donors (Lipinski definition) is 0. The Bertz CT molecular complexity index is 1230. The predicted octanol–water partition coefficient (Wildman–Crippen LogP) is 7.79. The lowest BCUT2D eigenvalue weighted by Crippen LogP contribution is -2.54. The summed E-state index contributed by atoms with van der Waals surface area (Å²) in [6, 6.07) is 24.2. The van der Waals surface area contributed by atoms with Crippen LogP contribution in [0.5, 0.6) is 0 Å². The van der Waals surface area contributed by atoms with Crippen LogP contribution in [0.2, 0.25) is 5.02 Å². The van der Waals surface area contributed by atoms with Gasteiger partial charge in [0.2, 0.25) is 0 Å². The third-order valence-electron chi connectivity index (χ3n) is 6.20. The highest BCUT2D eigenvalue weighted by Crippen LogP contribution is 2.29. The van der Waals surface area contributed by atoms with Gasteiger partial charge < -0.3 is 9.57 Å². The summed E-state index contributed by atoms with van der Waals surface area (Å²) in [4.78, 5) is 24.1. The SMILES string of the molecule is CC(C)(C(=O)O/N=C(\CCSc1ccc(Cl)cc1)c1ccc(Sc2ccc(Br)cc2)cc1)N1CCOCC1. The van der Waals surface area contributed by atoms with Crippen molar-refractivity contribution in [2.75, 3.05) is 32.1 Å². The highest BCUT2D eigenvalue weighted by Gasteiger charge is 2.37. The van der Waals surface area contributed by atoms with Gasteiger partial charge in [-0.3, -0.25) is 4.90 Å². The molecule has 38 heavy (non-hydrogen) atoms. The van der Waals surface area contributed by atoms with Crippen molar-refractivity contribution in [3.8, 4) is 0 Å². The van der Waals surface area contributed by atoms with E-state index in [4.69, 9.17) is 21.2 Å². The average Bonchev–Trinajstić information content (AvgIpc) is 2.93. The van der Waals surface area contributed by atoms with E-state index in [9.17, 15) is 4.79 Å². The lowest BCUT2D eigenvalue weighted by atomic mass is 10.0. The van der Waals surface area contributed by atoms with E-state index >= 15 is 0 Å². The van der Waals surface area contributed by atoms with Crippen LogP contribution < -0.4 is 0 Å². The summed E-state index contributed by atoms with van der Waals surface area (Å²) < 4.78 is 6.49. The first-order chi connectivity index (χ1) is 18.3. The molecule has 0 saturated carbocycles. The summed E-state index contributed by atoms with van der Waals surface area (Å²) in [5.74, 6) is 0.407. The molecular formula is C29H30BrClN2O3S2. The Morgan fingerprint density at radius 2 is 1.55 bits per heavy atom. The maximum absolute atomic E-state index is 13.1. The number of morpholine rings is 1. The average molecular weight is 634 g/mol. The zero-order valence-corrected chi connectivity index (χ0v) is 25.3. The molecule has 0 aliphatic carbocycles. The molecule has 0 amide bonds. The van der Waals surface area contributed by atoms with E-state index in [1.165, 1.54) is 0 Å². The Balaban J connectivity index is 1.47. The Labute approximate surface area is 246 Å². The van der Waals surface area contributed by atoms with Gasteiger partial charge in [-0.2, -0.15) is 0 Å². The van der Waals surface area contributed by atoms with Gasteiger partial charge in [0.05, 0.1) is 18.9 Å². The molecule has 1 saturated heterocycles. The number of benzene rings is 3. The van der Waals surface area contributed by atoms with Crippen LogP contribution in [0.15, 0.2) is 97.1 Å². The molecule has 0 spiro atoms. The molecule has 200 valence electrons. The minimum atomic E-state index is -0.790. The molecule has 1 fully saturated rings. The van der Waals surface area contributed by atoms with Crippen molar-refractivity contribution < 1.29 is 14.4 Å². The van der Waals surface area contributed by atoms with Crippen LogP contribution >= 0.6 is 51.1 Å². The Morgan fingerprint density at radius 3 is 2.18 bits per heavy atom. The third-order valence-corrected chi connectivity index (χ3v) is 9.01. The van der Waals surface area contributed by atoms with Crippen molar-refractivity contribution in [3.05, 3.63) is 87.9 Å². The number of ether oxygens (including phenoxy) is 1. The lowest BCUT2D eigenvalue weighted by molar-refractivity contribution is -0.159. The van der Waals surface area contributed by atoms with E-state index in [-0.39, 0.29) is 5.97 Å². The van der Waals surface area contributed by atoms with Gasteiger partial charge in [-0.15, -0.1) is 11.8 Å². The number of hydrogen-bond acceptors (Lipinski definition) is 7. The summed E-state index contributed by atoms with van der Waals surface area (Å²) in [7, 11) is 0. The molecule has 0 aromatic heterocycles. The van der Waals surface area contributed by atoms with E-state index in [2.05, 4.69) is 50.3 Å². The van der Waals surface area contributed by atoms with E-state index < -0.39 is 5.54 Å². The van der Waals surface area contributed by atoms with Crippen LogP contribution in [0.3, 0.4) is 0 Å². The van der Waals surface area contributed by atoms with Gasteiger partial charge in [-0.1, -0.05) is 56.6 Å². The molecule has 1 heterocycles. The molecular weight excluding hydrogens is 604 g/mol. The first kappa shape index (κ1) is 29.2. The number of thioether (sulfide) groups is 1. The van der Waals surface area contributed by atoms with Crippen LogP contribution in [-0.2, 0) is 14.4 Å². The van der Waals surface area contributed by atoms with Crippen molar-refractivity contribution in [1.82, 2.24) is 4.90 Å². The van der Waals surface area contributed by atoms with Crippen LogP contribution in [0, 0.1) is 0 Å². The first-order valence-electron chi connectivity index (χ1n) is 12.3. The molecule has 0 unspecified atom stereocenters. The van der Waals surface area contributed by atoms with E-state index in [1.807, 2.05) is 62.4 Å². The van der Waals surface area contributed by atoms with Crippen LogP contribution in [0.4, 0.5) is 0 Å². The largest absolute Gasteiger partial charge is 0.379 e. The molecule has 3 aromatic rings. The molecule has 4 rings (SSSR count). The number of carbonyl (C=O) groups excluding carboxylic acids is 1. The fourth-order valence-electron chi connectivity index (χ4n) is 3.85. The second kappa shape index (κ2) is 14.0. The molecule has 0 atom stereocenters. The minimum Gasteiger partial charge on any atom is -0.379 e. The quantitative estimate of drug-likeness (QED) is 0.0983. The number of nitrogens with zero attached hydrogens (tertiary/aromatic N) is 2. The summed E-state index contributed by atoms with van der Waals surface area (Å²) in [5.41, 5.74) is 0.873. The molecule has 0 bridgehead atoms. The van der Waals surface area contributed by atoms with Crippen molar-refractivity contribution in [1.29, 1.82) is 0 Å². The molecule has 0 N–H and O–H groups in total. The van der Waals surface area contributed by atoms with Crippen LogP contribution in [-0.4, -0.2) is 54.2 Å². The van der Waals surface area contributed by atoms with Gasteiger partial charge in [-0.05, 0) is 80.1 Å². The van der Waals surface area contributed by atoms with Crippen molar-refractivity contribution in [2.45, 2.75) is 40.5 Å². The molecule has 1 aliphatic rings. The zero-order chi connectivity index (χ0) is 27.0. The molecule has 0 radical (unpaired) electrons. The van der Waals surface area contributed by atoms with Gasteiger partial charge >= 0.3 is 5.97 Å². The lowest BCUT2D eigenvalue weighted by Gasteiger charge is -2.37. The van der Waals surface area contributed by atoms with Gasteiger partial charge in [0.1, 0.15) is 5.54 Å². The van der Waals surface area contributed by atoms with Crippen LogP contribution in [0.1, 0.15) is 25.8 Å². The van der Waals surface area contributed by atoms with Gasteiger partial charge in [0.25, 0.3) is 0 Å². The second-order valence-corrected chi connectivity index (χ2v) is 12.9. The number of rotatable bonds is 10. The number of halogens is 2. The maximum Gasteiger partial charge on any atom is 0.354 e. The van der Waals surface area contributed by atoms with Crippen molar-refractivity contribution >= 4 is 62.7 Å². The molecule has 9 heteroatoms. The first-order valence-corrected chi connectivity index (χ1v) is 15.3. The van der Waals surface area contributed by atoms with E-state index in [0.29, 0.717) is 37.7 Å². The van der Waals surface area contributed by atoms with Gasteiger partial charge in [0, 0.05) is 49.4 Å². The molecule has 3 aromatic carbocycles. The van der Waals surface area contributed by atoms with Crippen LogP contribution in [0.25, 0.3) is 0 Å². The van der Waals surface area contributed by atoms with Crippen molar-refractivity contribution in [2.24, 2.45) is 5.16 Å². The monoisotopic (exact) mass is 632 g/mol. The summed E-state index contributed by atoms with van der Waals surface area (Å²) >= 11 is 12.9. The number of carbonyl (C=O) groups is 1. The second-order valence-electron chi connectivity index (χ2n) is 9.21. The Kier molecular flexibility index (Phi) is 10.8. The minimum absolute atomic E-state index is 0.371. The topological polar surface area (TPSA) is 51.1 Å². The van der Waals surface area contributed by atoms with Crippen molar-refractivity contribution in [3.63, 3.8) is 0 Å². The zero-order valence-electron chi connectivity index (χ0n) is 21.4. The highest BCUT2D eigenvalue weighted by atomic mass is 79.9. The Morgan fingerprint density at radius 1 is 0.974 bits per heavy atom. The predicted molar refractivity (Wildman–Crippen MR) is 161 cm³/mol. The molecule has 1 aliphatic heterocycles. The fraction of sp³-hybridized carbons (Fsp3) is 0.310. The fourth-order valence-corrected chi connectivity index (χ4v) is 5.92. The van der Waals surface area contributed by atoms with Gasteiger partial charge in [-0.25, -0.2) is 4.79 Å². The molecule has 5 nitrogen and oxygen atoms in total. The maximum atomic E-state index is 13.1. The standard InChI is InChI=1S/C29H30BrClN2O3S2/c1-29(2,33-16-18-35-19-17-33)28(34)36-32-27(15-20-37-24-13-7-23(31)8-14-24)21-3-9-25(10-4-21)38-26-11-5-22(30)6-12-26/h3-14H,15-20H2,1-2H3/b32-27+. The van der Waals surface area contributed by atoms with E-state index in [1.54, 1.807) is 23.5 Å². The number of oxime groups is 1. The normalized spacial score (nSPS) is 14.9.